The third kappa shape index (κ3) is 3.40. The number of hydrogen-bond acceptors (Lipinski definition) is 5. The summed E-state index contributed by atoms with van der Waals surface area (Å²) in [7, 11) is -4.33. The molecule has 2 aromatic carbocycles. The van der Waals surface area contributed by atoms with Crippen molar-refractivity contribution in [2.75, 3.05) is 11.1 Å². The predicted molar refractivity (Wildman–Crippen MR) is 77.6 cm³/mol. The molecular weight excluding hydrogens is 284 g/mol. The SMILES string of the molecule is Nc1ccc(Nc2ccc(S)cc2)cc1S(=O)(=O)O. The zero-order valence-electron chi connectivity index (χ0n) is 9.74. The van der Waals surface area contributed by atoms with Crippen LogP contribution in [0.25, 0.3) is 0 Å². The first-order valence-corrected chi connectivity index (χ1v) is 7.18. The monoisotopic (exact) mass is 296 g/mol. The molecule has 0 amide bonds. The number of nitrogens with two attached hydrogens (primary N) is 1. The zero-order valence-corrected chi connectivity index (χ0v) is 11.4. The van der Waals surface area contributed by atoms with Crippen molar-refractivity contribution in [1.29, 1.82) is 0 Å². The van der Waals surface area contributed by atoms with Gasteiger partial charge in [0.25, 0.3) is 10.1 Å². The van der Waals surface area contributed by atoms with Gasteiger partial charge in [-0.3, -0.25) is 4.55 Å². The van der Waals surface area contributed by atoms with Crippen LogP contribution in [0.1, 0.15) is 0 Å². The smallest absolute Gasteiger partial charge is 0.296 e. The number of nitrogens with one attached hydrogen (secondary N) is 1. The van der Waals surface area contributed by atoms with Crippen molar-refractivity contribution in [2.24, 2.45) is 0 Å². The third-order valence-electron chi connectivity index (χ3n) is 2.45. The molecule has 0 aliphatic rings. The molecule has 19 heavy (non-hydrogen) atoms. The van der Waals surface area contributed by atoms with Gasteiger partial charge >= 0.3 is 0 Å². The second-order valence-electron chi connectivity index (χ2n) is 3.90. The molecule has 0 aliphatic carbocycles. The van der Waals surface area contributed by atoms with Crippen LogP contribution in [0.2, 0.25) is 0 Å². The van der Waals surface area contributed by atoms with E-state index in [1.807, 2.05) is 0 Å². The number of benzene rings is 2. The lowest BCUT2D eigenvalue weighted by atomic mass is 10.2. The van der Waals surface area contributed by atoms with E-state index in [4.69, 9.17) is 10.3 Å². The van der Waals surface area contributed by atoms with Gasteiger partial charge in [0.1, 0.15) is 4.90 Å². The molecule has 0 heterocycles. The van der Waals surface area contributed by atoms with Gasteiger partial charge in [-0.25, -0.2) is 0 Å². The summed E-state index contributed by atoms with van der Waals surface area (Å²) in [6, 6.07) is 11.5. The van der Waals surface area contributed by atoms with Crippen LogP contribution in [-0.4, -0.2) is 13.0 Å². The molecule has 5 nitrogen and oxygen atoms in total. The van der Waals surface area contributed by atoms with E-state index in [2.05, 4.69) is 17.9 Å². The van der Waals surface area contributed by atoms with Gasteiger partial charge < -0.3 is 11.1 Å². The fourth-order valence-corrected chi connectivity index (χ4v) is 2.34. The van der Waals surface area contributed by atoms with Gasteiger partial charge in [-0.15, -0.1) is 12.6 Å². The van der Waals surface area contributed by atoms with E-state index in [1.165, 1.54) is 12.1 Å². The summed E-state index contributed by atoms with van der Waals surface area (Å²) >= 11 is 4.17. The maximum absolute atomic E-state index is 11.1. The fourth-order valence-electron chi connectivity index (χ4n) is 1.55. The maximum atomic E-state index is 11.1. The van der Waals surface area contributed by atoms with Crippen molar-refractivity contribution in [2.45, 2.75) is 9.79 Å². The zero-order chi connectivity index (χ0) is 14.0. The highest BCUT2D eigenvalue weighted by Gasteiger charge is 2.14. The summed E-state index contributed by atoms with van der Waals surface area (Å²) in [6.45, 7) is 0. The lowest BCUT2D eigenvalue weighted by Gasteiger charge is -2.09. The Bertz CT molecular complexity index is 697. The third-order valence-corrected chi connectivity index (χ3v) is 3.65. The number of thiol groups is 1. The van der Waals surface area contributed by atoms with E-state index >= 15 is 0 Å². The van der Waals surface area contributed by atoms with E-state index in [0.717, 1.165) is 10.6 Å². The highest BCUT2D eigenvalue weighted by atomic mass is 32.2. The number of nitrogen functional groups attached to an aromatic ring is 1. The minimum atomic E-state index is -4.33. The minimum Gasteiger partial charge on any atom is -0.398 e. The Hall–Kier alpha value is -1.70. The van der Waals surface area contributed by atoms with Crippen LogP contribution < -0.4 is 11.1 Å². The molecule has 2 aromatic rings. The number of rotatable bonds is 3. The molecule has 0 saturated carbocycles. The maximum Gasteiger partial charge on any atom is 0.296 e. The van der Waals surface area contributed by atoms with Gasteiger partial charge in [0, 0.05) is 16.3 Å². The summed E-state index contributed by atoms with van der Waals surface area (Å²) in [4.78, 5) is 0.504. The predicted octanol–water partition coefficient (Wildman–Crippen LogP) is 2.55. The molecule has 4 N–H and O–H groups in total. The van der Waals surface area contributed by atoms with Crippen LogP contribution in [0.15, 0.2) is 52.3 Å². The van der Waals surface area contributed by atoms with Crippen LogP contribution in [0.5, 0.6) is 0 Å². The van der Waals surface area contributed by atoms with Crippen molar-refractivity contribution < 1.29 is 13.0 Å². The van der Waals surface area contributed by atoms with Crippen LogP contribution >= 0.6 is 12.6 Å². The summed E-state index contributed by atoms with van der Waals surface area (Å²) in [5.74, 6) is 0. The quantitative estimate of drug-likeness (QED) is 0.397. The topological polar surface area (TPSA) is 92.4 Å². The molecular formula is C12H12N2O3S2. The summed E-state index contributed by atoms with van der Waals surface area (Å²) in [5.41, 5.74) is 6.79. The first-order valence-electron chi connectivity index (χ1n) is 5.29. The molecule has 0 unspecified atom stereocenters. The van der Waals surface area contributed by atoms with E-state index in [1.54, 1.807) is 30.3 Å². The van der Waals surface area contributed by atoms with Crippen molar-refractivity contribution in [3.63, 3.8) is 0 Å². The van der Waals surface area contributed by atoms with E-state index in [-0.39, 0.29) is 10.6 Å². The Kier molecular flexibility index (Phi) is 3.70. The lowest BCUT2D eigenvalue weighted by molar-refractivity contribution is 0.483. The Morgan fingerprint density at radius 1 is 1.05 bits per heavy atom. The standard InChI is InChI=1S/C12H12N2O3S2/c13-11-6-3-9(7-12(11)19(15,16)17)14-8-1-4-10(18)5-2-8/h1-7,14,18H,13H2,(H,15,16,17). The van der Waals surface area contributed by atoms with Crippen LogP contribution in [0.3, 0.4) is 0 Å². The van der Waals surface area contributed by atoms with Gasteiger partial charge in [-0.05, 0) is 42.5 Å². The average Bonchev–Trinajstić information content (AvgIpc) is 2.33. The molecule has 2 rings (SSSR count). The molecule has 0 fully saturated rings. The number of hydrogen-bond donors (Lipinski definition) is 4. The minimum absolute atomic E-state index is 0.00115. The molecule has 0 spiro atoms. The van der Waals surface area contributed by atoms with Gasteiger partial charge in [-0.2, -0.15) is 8.42 Å². The van der Waals surface area contributed by atoms with Crippen molar-refractivity contribution in [3.8, 4) is 0 Å². The first-order chi connectivity index (χ1) is 8.86. The second-order valence-corrected chi connectivity index (χ2v) is 5.81. The lowest BCUT2D eigenvalue weighted by Crippen LogP contribution is -2.04. The fraction of sp³-hybridized carbons (Fsp3) is 0. The summed E-state index contributed by atoms with van der Waals surface area (Å²) < 4.78 is 31.3. The Morgan fingerprint density at radius 3 is 2.21 bits per heavy atom. The average molecular weight is 296 g/mol. The second kappa shape index (κ2) is 5.12. The summed E-state index contributed by atoms with van der Waals surface area (Å²) in [6.07, 6.45) is 0. The summed E-state index contributed by atoms with van der Waals surface area (Å²) in [5, 5.41) is 3.01. The Balaban J connectivity index is 2.34. The van der Waals surface area contributed by atoms with Gasteiger partial charge in [0.2, 0.25) is 0 Å². The number of anilines is 3. The Morgan fingerprint density at radius 2 is 1.63 bits per heavy atom. The van der Waals surface area contributed by atoms with Crippen molar-refractivity contribution in [3.05, 3.63) is 42.5 Å². The van der Waals surface area contributed by atoms with E-state index in [0.29, 0.717) is 5.69 Å². The first kappa shape index (κ1) is 13.7. The van der Waals surface area contributed by atoms with Gasteiger partial charge in [0.15, 0.2) is 0 Å². The highest BCUT2D eigenvalue weighted by Crippen LogP contribution is 2.25. The van der Waals surface area contributed by atoms with Crippen molar-refractivity contribution in [1.82, 2.24) is 0 Å². The van der Waals surface area contributed by atoms with Crippen LogP contribution in [0, 0.1) is 0 Å². The van der Waals surface area contributed by atoms with Crippen LogP contribution in [0.4, 0.5) is 17.1 Å². The van der Waals surface area contributed by atoms with E-state index < -0.39 is 10.1 Å². The molecule has 0 aromatic heterocycles. The van der Waals surface area contributed by atoms with Gasteiger partial charge in [-0.1, -0.05) is 0 Å². The Labute approximate surface area is 116 Å². The van der Waals surface area contributed by atoms with E-state index in [9.17, 15) is 8.42 Å². The molecule has 0 atom stereocenters. The van der Waals surface area contributed by atoms with Crippen LogP contribution in [-0.2, 0) is 10.1 Å². The van der Waals surface area contributed by atoms with Gasteiger partial charge in [0.05, 0.1) is 5.69 Å². The molecule has 0 aliphatic heterocycles. The molecule has 0 radical (unpaired) electrons. The molecule has 0 bridgehead atoms. The normalized spacial score (nSPS) is 11.3. The molecule has 7 heteroatoms. The largest absolute Gasteiger partial charge is 0.398 e. The molecule has 0 saturated heterocycles. The highest BCUT2D eigenvalue weighted by molar-refractivity contribution is 7.86. The van der Waals surface area contributed by atoms with Crippen molar-refractivity contribution >= 4 is 39.8 Å². The molecule has 100 valence electrons.